The van der Waals surface area contributed by atoms with E-state index in [4.69, 9.17) is 11.6 Å². The number of nitro benzene ring substituents is 1. The second kappa shape index (κ2) is 7.43. The molecule has 0 unspecified atom stereocenters. The smallest absolute Gasteiger partial charge is 0.274 e. The molecule has 2 N–H and O–H groups in total. The Morgan fingerprint density at radius 3 is 2.70 bits per heavy atom. The lowest BCUT2D eigenvalue weighted by molar-refractivity contribution is -0.385. The van der Waals surface area contributed by atoms with E-state index in [-0.39, 0.29) is 18.1 Å². The van der Waals surface area contributed by atoms with Crippen LogP contribution in [0.15, 0.2) is 40.9 Å². The molecule has 2 rings (SSSR count). The fraction of sp³-hybridized carbons (Fsp3) is 0.133. The van der Waals surface area contributed by atoms with E-state index in [0.29, 0.717) is 22.0 Å². The molecule has 0 aliphatic rings. The summed E-state index contributed by atoms with van der Waals surface area (Å²) < 4.78 is 0.838. The van der Waals surface area contributed by atoms with Crippen LogP contribution in [-0.2, 0) is 4.79 Å². The zero-order chi connectivity index (χ0) is 17.0. The summed E-state index contributed by atoms with van der Waals surface area (Å²) in [6, 6.07) is 9.80. The third-order valence-electron chi connectivity index (χ3n) is 3.15. The number of nitrogens with zero attached hydrogens (tertiary/aromatic N) is 1. The molecule has 0 atom stereocenters. The Kier molecular flexibility index (Phi) is 5.57. The van der Waals surface area contributed by atoms with Gasteiger partial charge in [0.2, 0.25) is 5.91 Å². The number of benzene rings is 2. The van der Waals surface area contributed by atoms with Crippen molar-refractivity contribution in [3.05, 3.63) is 61.6 Å². The van der Waals surface area contributed by atoms with Crippen LogP contribution in [0, 0.1) is 17.0 Å². The van der Waals surface area contributed by atoms with E-state index >= 15 is 0 Å². The van der Waals surface area contributed by atoms with Gasteiger partial charge in [-0.25, -0.2) is 0 Å². The fourth-order valence-electron chi connectivity index (χ4n) is 1.96. The maximum absolute atomic E-state index is 12.0. The van der Waals surface area contributed by atoms with Gasteiger partial charge in [0.1, 0.15) is 0 Å². The summed E-state index contributed by atoms with van der Waals surface area (Å²) in [5.41, 5.74) is 1.41. The maximum Gasteiger partial charge on any atom is 0.274 e. The Hall–Kier alpha value is -2.12. The molecule has 0 bridgehead atoms. The normalized spacial score (nSPS) is 10.2. The van der Waals surface area contributed by atoms with E-state index in [9.17, 15) is 14.9 Å². The van der Waals surface area contributed by atoms with Gasteiger partial charge in [0.15, 0.2) is 0 Å². The van der Waals surface area contributed by atoms with E-state index < -0.39 is 4.92 Å². The van der Waals surface area contributed by atoms with Crippen LogP contribution in [0.25, 0.3) is 0 Å². The van der Waals surface area contributed by atoms with Gasteiger partial charge in [-0.2, -0.15) is 0 Å². The van der Waals surface area contributed by atoms with Crippen LogP contribution < -0.4 is 10.6 Å². The minimum Gasteiger partial charge on any atom is -0.375 e. The molecule has 0 aromatic heterocycles. The van der Waals surface area contributed by atoms with Gasteiger partial charge in [0, 0.05) is 10.5 Å². The first kappa shape index (κ1) is 17.2. The SMILES string of the molecule is Cc1c(NC(=O)CNc2ccc(Br)cc2Cl)cccc1[N+](=O)[O-]. The Morgan fingerprint density at radius 2 is 2.04 bits per heavy atom. The lowest BCUT2D eigenvalue weighted by atomic mass is 10.1. The van der Waals surface area contributed by atoms with Crippen molar-refractivity contribution in [2.24, 2.45) is 0 Å². The van der Waals surface area contributed by atoms with E-state index in [1.54, 1.807) is 31.2 Å². The van der Waals surface area contributed by atoms with Crippen LogP contribution in [0.3, 0.4) is 0 Å². The molecule has 0 fully saturated rings. The molecule has 0 radical (unpaired) electrons. The van der Waals surface area contributed by atoms with E-state index in [1.807, 2.05) is 0 Å². The van der Waals surface area contributed by atoms with Crippen molar-refractivity contribution in [1.29, 1.82) is 0 Å². The summed E-state index contributed by atoms with van der Waals surface area (Å²) in [6.07, 6.45) is 0. The van der Waals surface area contributed by atoms with Crippen molar-refractivity contribution >= 4 is 50.5 Å². The Labute approximate surface area is 146 Å². The number of halogens is 2. The molecule has 0 saturated heterocycles. The molecule has 23 heavy (non-hydrogen) atoms. The monoisotopic (exact) mass is 397 g/mol. The van der Waals surface area contributed by atoms with Gasteiger partial charge in [-0.1, -0.05) is 33.6 Å². The van der Waals surface area contributed by atoms with Gasteiger partial charge >= 0.3 is 0 Å². The lowest BCUT2D eigenvalue weighted by Crippen LogP contribution is -2.22. The predicted octanol–water partition coefficient (Wildman–Crippen LogP) is 4.37. The summed E-state index contributed by atoms with van der Waals surface area (Å²) in [7, 11) is 0. The third kappa shape index (κ3) is 4.43. The highest BCUT2D eigenvalue weighted by atomic mass is 79.9. The quantitative estimate of drug-likeness (QED) is 0.578. The Morgan fingerprint density at radius 1 is 1.30 bits per heavy atom. The van der Waals surface area contributed by atoms with Gasteiger partial charge in [0.05, 0.1) is 33.4 Å². The number of amides is 1. The zero-order valence-corrected chi connectivity index (χ0v) is 14.4. The molecule has 2 aromatic carbocycles. The largest absolute Gasteiger partial charge is 0.375 e. The highest BCUT2D eigenvalue weighted by Crippen LogP contribution is 2.26. The number of nitrogens with one attached hydrogen (secondary N) is 2. The first-order chi connectivity index (χ1) is 10.9. The molecule has 8 heteroatoms. The average Bonchev–Trinajstić information content (AvgIpc) is 2.48. The van der Waals surface area contributed by atoms with Gasteiger partial charge in [-0.05, 0) is 31.2 Å². The predicted molar refractivity (Wildman–Crippen MR) is 94.1 cm³/mol. The van der Waals surface area contributed by atoms with Crippen LogP contribution in [0.1, 0.15) is 5.56 Å². The lowest BCUT2D eigenvalue weighted by Gasteiger charge is -2.11. The number of rotatable bonds is 5. The molecule has 0 spiro atoms. The molecule has 0 saturated carbocycles. The Balaban J connectivity index is 2.03. The summed E-state index contributed by atoms with van der Waals surface area (Å²) in [4.78, 5) is 22.4. The second-order valence-corrected chi connectivity index (χ2v) is 6.06. The third-order valence-corrected chi connectivity index (χ3v) is 3.95. The summed E-state index contributed by atoms with van der Waals surface area (Å²) in [6.45, 7) is 1.58. The van der Waals surface area contributed by atoms with E-state index in [1.165, 1.54) is 12.1 Å². The van der Waals surface area contributed by atoms with Crippen molar-refractivity contribution in [2.45, 2.75) is 6.92 Å². The first-order valence-electron chi connectivity index (χ1n) is 6.61. The minimum absolute atomic E-state index is 0.0104. The Bertz CT molecular complexity index is 768. The minimum atomic E-state index is -0.481. The number of hydrogen-bond donors (Lipinski definition) is 2. The van der Waals surface area contributed by atoms with E-state index in [2.05, 4.69) is 26.6 Å². The molecular formula is C15H13BrClN3O3. The summed E-state index contributed by atoms with van der Waals surface area (Å²) in [5, 5.41) is 16.9. The molecule has 120 valence electrons. The molecule has 0 aliphatic heterocycles. The van der Waals surface area contributed by atoms with E-state index in [0.717, 1.165) is 4.47 Å². The molecular weight excluding hydrogens is 386 g/mol. The number of carbonyl (C=O) groups is 1. The molecule has 6 nitrogen and oxygen atoms in total. The standard InChI is InChI=1S/C15H13BrClN3O3/c1-9-12(3-2-4-14(9)20(22)23)19-15(21)8-18-13-6-5-10(16)7-11(13)17/h2-7,18H,8H2,1H3,(H,19,21). The summed E-state index contributed by atoms with van der Waals surface area (Å²) in [5.74, 6) is -0.326. The number of hydrogen-bond acceptors (Lipinski definition) is 4. The second-order valence-electron chi connectivity index (χ2n) is 4.73. The van der Waals surface area contributed by atoms with Gasteiger partial charge in [0.25, 0.3) is 5.69 Å². The van der Waals surface area contributed by atoms with Crippen molar-refractivity contribution in [2.75, 3.05) is 17.2 Å². The number of anilines is 2. The molecule has 0 aliphatic carbocycles. The van der Waals surface area contributed by atoms with Crippen LogP contribution >= 0.6 is 27.5 Å². The highest BCUT2D eigenvalue weighted by molar-refractivity contribution is 9.10. The van der Waals surface area contributed by atoms with Gasteiger partial charge in [-0.15, -0.1) is 0 Å². The van der Waals surface area contributed by atoms with Crippen LogP contribution in [0.5, 0.6) is 0 Å². The highest BCUT2D eigenvalue weighted by Gasteiger charge is 2.14. The topological polar surface area (TPSA) is 84.3 Å². The van der Waals surface area contributed by atoms with Crippen molar-refractivity contribution < 1.29 is 9.72 Å². The zero-order valence-electron chi connectivity index (χ0n) is 12.1. The van der Waals surface area contributed by atoms with Crippen molar-refractivity contribution in [1.82, 2.24) is 0 Å². The van der Waals surface area contributed by atoms with Crippen LogP contribution in [0.4, 0.5) is 17.1 Å². The maximum atomic E-state index is 12.0. The fourth-order valence-corrected chi connectivity index (χ4v) is 2.70. The van der Waals surface area contributed by atoms with Crippen molar-refractivity contribution in [3.8, 4) is 0 Å². The number of nitro groups is 1. The summed E-state index contributed by atoms with van der Waals surface area (Å²) >= 11 is 9.36. The first-order valence-corrected chi connectivity index (χ1v) is 7.78. The van der Waals surface area contributed by atoms with Gasteiger partial charge in [-0.3, -0.25) is 14.9 Å². The average molecular weight is 399 g/mol. The van der Waals surface area contributed by atoms with Gasteiger partial charge < -0.3 is 10.6 Å². The van der Waals surface area contributed by atoms with Crippen LogP contribution in [-0.4, -0.2) is 17.4 Å². The van der Waals surface area contributed by atoms with Crippen LogP contribution in [0.2, 0.25) is 5.02 Å². The molecule has 0 heterocycles. The molecule has 2 aromatic rings. The van der Waals surface area contributed by atoms with Crippen molar-refractivity contribution in [3.63, 3.8) is 0 Å². The molecule has 1 amide bonds. The number of carbonyl (C=O) groups excluding carboxylic acids is 1.